The number of unbranched alkanes of at least 4 members (excludes halogenated alkanes) is 3. The molecule has 0 saturated heterocycles. The first-order valence-corrected chi connectivity index (χ1v) is 7.26. The Hall–Kier alpha value is -0.860. The summed E-state index contributed by atoms with van der Waals surface area (Å²) < 4.78 is 0. The molecule has 1 rings (SSSR count). The standard InChI is InChI=1S/C16H28N2/c1-4-15-13-14(2)10-11-16(15)9-7-5-6-8-12-18-17-3/h10-11,13,17-18H,4-9,12H2,1-3H3. The van der Waals surface area contributed by atoms with Gasteiger partial charge in [0.2, 0.25) is 0 Å². The number of hydrazine groups is 1. The van der Waals surface area contributed by atoms with Crippen LogP contribution in [0.15, 0.2) is 18.2 Å². The van der Waals surface area contributed by atoms with E-state index in [0.29, 0.717) is 0 Å². The van der Waals surface area contributed by atoms with Crippen LogP contribution in [0.1, 0.15) is 49.3 Å². The van der Waals surface area contributed by atoms with Gasteiger partial charge in [0, 0.05) is 6.54 Å². The predicted octanol–water partition coefficient (Wildman–Crippen LogP) is 3.38. The molecule has 2 heteroatoms. The van der Waals surface area contributed by atoms with Gasteiger partial charge in [-0.2, -0.15) is 0 Å². The maximum absolute atomic E-state index is 3.13. The van der Waals surface area contributed by atoms with E-state index in [9.17, 15) is 0 Å². The molecular formula is C16H28N2. The average molecular weight is 248 g/mol. The van der Waals surface area contributed by atoms with Gasteiger partial charge in [-0.05, 0) is 50.8 Å². The minimum Gasteiger partial charge on any atom is -0.261 e. The summed E-state index contributed by atoms with van der Waals surface area (Å²) in [6.07, 6.45) is 7.63. The molecule has 0 fully saturated rings. The van der Waals surface area contributed by atoms with Gasteiger partial charge in [-0.3, -0.25) is 10.9 Å². The van der Waals surface area contributed by atoms with E-state index in [1.165, 1.54) is 43.2 Å². The van der Waals surface area contributed by atoms with Crippen LogP contribution in [-0.2, 0) is 12.8 Å². The molecule has 1 aromatic rings. The van der Waals surface area contributed by atoms with Gasteiger partial charge in [-0.25, -0.2) is 0 Å². The quantitative estimate of drug-likeness (QED) is 0.517. The lowest BCUT2D eigenvalue weighted by Gasteiger charge is -2.09. The van der Waals surface area contributed by atoms with Crippen LogP contribution in [0.4, 0.5) is 0 Å². The Morgan fingerprint density at radius 2 is 1.78 bits per heavy atom. The Bertz CT molecular complexity index is 334. The van der Waals surface area contributed by atoms with E-state index < -0.39 is 0 Å². The van der Waals surface area contributed by atoms with E-state index in [0.717, 1.165) is 13.0 Å². The molecule has 0 atom stereocenters. The minimum absolute atomic E-state index is 1.07. The smallest absolute Gasteiger partial charge is 0.00996 e. The van der Waals surface area contributed by atoms with Crippen molar-refractivity contribution in [1.29, 1.82) is 0 Å². The Balaban J connectivity index is 2.22. The van der Waals surface area contributed by atoms with Gasteiger partial charge >= 0.3 is 0 Å². The van der Waals surface area contributed by atoms with Crippen molar-refractivity contribution in [2.75, 3.05) is 13.6 Å². The summed E-state index contributed by atoms with van der Waals surface area (Å²) in [7, 11) is 1.92. The van der Waals surface area contributed by atoms with E-state index in [1.807, 2.05) is 7.05 Å². The summed E-state index contributed by atoms with van der Waals surface area (Å²) in [5.41, 5.74) is 10.6. The molecule has 0 saturated carbocycles. The second-order valence-electron chi connectivity index (χ2n) is 4.97. The van der Waals surface area contributed by atoms with Gasteiger partial charge in [0.25, 0.3) is 0 Å². The molecule has 0 heterocycles. The summed E-state index contributed by atoms with van der Waals surface area (Å²) in [6.45, 7) is 5.50. The summed E-state index contributed by atoms with van der Waals surface area (Å²) in [5, 5.41) is 0. The minimum atomic E-state index is 1.07. The molecule has 0 aromatic heterocycles. The summed E-state index contributed by atoms with van der Waals surface area (Å²) in [4.78, 5) is 0. The van der Waals surface area contributed by atoms with Gasteiger partial charge in [-0.1, -0.05) is 43.5 Å². The van der Waals surface area contributed by atoms with Crippen molar-refractivity contribution in [1.82, 2.24) is 10.9 Å². The Labute approximate surface area is 112 Å². The molecule has 0 aliphatic carbocycles. The molecule has 2 nitrogen and oxygen atoms in total. The molecule has 0 radical (unpaired) electrons. The second-order valence-corrected chi connectivity index (χ2v) is 4.97. The Morgan fingerprint density at radius 1 is 1.00 bits per heavy atom. The number of rotatable bonds is 9. The van der Waals surface area contributed by atoms with Crippen molar-refractivity contribution in [2.24, 2.45) is 0 Å². The van der Waals surface area contributed by atoms with Crippen LogP contribution in [0.2, 0.25) is 0 Å². The van der Waals surface area contributed by atoms with E-state index >= 15 is 0 Å². The van der Waals surface area contributed by atoms with Crippen LogP contribution in [0.5, 0.6) is 0 Å². The Kier molecular flexibility index (Phi) is 7.70. The fraction of sp³-hybridized carbons (Fsp3) is 0.625. The van der Waals surface area contributed by atoms with Crippen LogP contribution in [0.3, 0.4) is 0 Å². The SMILES string of the molecule is CCc1cc(C)ccc1CCCCCCNNC. The third-order valence-corrected chi connectivity index (χ3v) is 3.42. The highest BCUT2D eigenvalue weighted by atomic mass is 15.3. The van der Waals surface area contributed by atoms with Gasteiger partial charge in [0.05, 0.1) is 0 Å². The topological polar surface area (TPSA) is 24.1 Å². The zero-order chi connectivity index (χ0) is 13.2. The number of hydrogen-bond acceptors (Lipinski definition) is 2. The monoisotopic (exact) mass is 248 g/mol. The molecule has 102 valence electrons. The van der Waals surface area contributed by atoms with Crippen molar-refractivity contribution in [3.8, 4) is 0 Å². The molecule has 0 amide bonds. The van der Waals surface area contributed by atoms with E-state index in [2.05, 4.69) is 42.9 Å². The lowest BCUT2D eigenvalue weighted by molar-refractivity contribution is 0.543. The third kappa shape index (κ3) is 5.65. The maximum Gasteiger partial charge on any atom is 0.00996 e. The van der Waals surface area contributed by atoms with Crippen LogP contribution in [-0.4, -0.2) is 13.6 Å². The molecule has 0 bridgehead atoms. The fourth-order valence-electron chi connectivity index (χ4n) is 2.34. The summed E-state index contributed by atoms with van der Waals surface area (Å²) in [6, 6.07) is 6.90. The molecule has 0 unspecified atom stereocenters. The van der Waals surface area contributed by atoms with E-state index in [4.69, 9.17) is 0 Å². The van der Waals surface area contributed by atoms with Crippen LogP contribution in [0, 0.1) is 6.92 Å². The van der Waals surface area contributed by atoms with Gasteiger partial charge in [0.1, 0.15) is 0 Å². The van der Waals surface area contributed by atoms with Crippen LogP contribution in [0.25, 0.3) is 0 Å². The van der Waals surface area contributed by atoms with Crippen molar-refractivity contribution in [3.05, 3.63) is 34.9 Å². The van der Waals surface area contributed by atoms with Crippen LogP contribution >= 0.6 is 0 Å². The molecule has 1 aromatic carbocycles. The number of benzene rings is 1. The normalized spacial score (nSPS) is 10.8. The van der Waals surface area contributed by atoms with Gasteiger partial charge in [0.15, 0.2) is 0 Å². The Morgan fingerprint density at radius 3 is 2.50 bits per heavy atom. The highest BCUT2D eigenvalue weighted by molar-refractivity contribution is 5.31. The molecule has 0 aliphatic heterocycles. The summed E-state index contributed by atoms with van der Waals surface area (Å²) in [5.74, 6) is 0. The highest BCUT2D eigenvalue weighted by Crippen LogP contribution is 2.15. The molecule has 0 aliphatic rings. The first-order valence-electron chi connectivity index (χ1n) is 7.26. The van der Waals surface area contributed by atoms with Gasteiger partial charge < -0.3 is 0 Å². The molecule has 18 heavy (non-hydrogen) atoms. The summed E-state index contributed by atoms with van der Waals surface area (Å²) >= 11 is 0. The van der Waals surface area contributed by atoms with Gasteiger partial charge in [-0.15, -0.1) is 0 Å². The van der Waals surface area contributed by atoms with Crippen molar-refractivity contribution >= 4 is 0 Å². The molecule has 2 N–H and O–H groups in total. The number of aryl methyl sites for hydroxylation is 3. The molecular weight excluding hydrogens is 220 g/mol. The largest absolute Gasteiger partial charge is 0.261 e. The average Bonchev–Trinajstić information content (AvgIpc) is 2.39. The number of hydrogen-bond donors (Lipinski definition) is 2. The first-order chi connectivity index (χ1) is 8.77. The maximum atomic E-state index is 3.13. The van der Waals surface area contributed by atoms with Crippen molar-refractivity contribution in [2.45, 2.75) is 52.4 Å². The second kappa shape index (κ2) is 9.12. The zero-order valence-corrected chi connectivity index (χ0v) is 12.2. The highest BCUT2D eigenvalue weighted by Gasteiger charge is 2.01. The zero-order valence-electron chi connectivity index (χ0n) is 12.2. The number of nitrogens with one attached hydrogen (secondary N) is 2. The molecule has 0 spiro atoms. The predicted molar refractivity (Wildman–Crippen MR) is 79.8 cm³/mol. The van der Waals surface area contributed by atoms with E-state index in [1.54, 1.807) is 5.56 Å². The van der Waals surface area contributed by atoms with Crippen LogP contribution < -0.4 is 10.9 Å². The van der Waals surface area contributed by atoms with Crippen molar-refractivity contribution < 1.29 is 0 Å². The van der Waals surface area contributed by atoms with Crippen molar-refractivity contribution in [3.63, 3.8) is 0 Å². The lowest BCUT2D eigenvalue weighted by Crippen LogP contribution is -2.28. The fourth-order valence-corrected chi connectivity index (χ4v) is 2.34. The lowest BCUT2D eigenvalue weighted by atomic mass is 9.97. The van der Waals surface area contributed by atoms with E-state index in [-0.39, 0.29) is 0 Å². The first kappa shape index (κ1) is 15.2. The third-order valence-electron chi connectivity index (χ3n) is 3.42.